The van der Waals surface area contributed by atoms with Gasteiger partial charge < -0.3 is 16.0 Å². The number of hydrogen-bond acceptors (Lipinski definition) is 3. The molecular formula is C7H13N3OS. The molecule has 0 radical (unpaired) electrons. The number of nitrogens with one attached hydrogen (secondary N) is 1. The molecule has 0 aliphatic carbocycles. The predicted molar refractivity (Wildman–Crippen MR) is 50.9 cm³/mol. The van der Waals surface area contributed by atoms with E-state index in [1.54, 1.807) is 4.90 Å². The van der Waals surface area contributed by atoms with E-state index in [0.717, 1.165) is 26.2 Å². The molecule has 4 nitrogen and oxygen atoms in total. The van der Waals surface area contributed by atoms with Crippen molar-refractivity contribution in [2.24, 2.45) is 5.73 Å². The van der Waals surface area contributed by atoms with Crippen molar-refractivity contribution in [3.63, 3.8) is 0 Å². The third-order valence-corrected chi connectivity index (χ3v) is 1.94. The monoisotopic (exact) mass is 187 g/mol. The fourth-order valence-corrected chi connectivity index (χ4v) is 1.30. The molecule has 0 bridgehead atoms. The Kier molecular flexibility index (Phi) is 3.43. The molecule has 0 saturated carbocycles. The molecule has 1 saturated heterocycles. The fourth-order valence-electron chi connectivity index (χ4n) is 1.18. The van der Waals surface area contributed by atoms with Gasteiger partial charge in [-0.3, -0.25) is 4.79 Å². The van der Waals surface area contributed by atoms with Crippen LogP contribution in [-0.4, -0.2) is 42.0 Å². The Labute approximate surface area is 77.1 Å². The molecule has 1 heterocycles. The molecule has 0 aromatic rings. The van der Waals surface area contributed by atoms with Gasteiger partial charge in [0.25, 0.3) is 0 Å². The van der Waals surface area contributed by atoms with Crippen LogP contribution in [0.5, 0.6) is 0 Å². The maximum absolute atomic E-state index is 11.3. The second-order valence-corrected chi connectivity index (χ2v) is 3.30. The van der Waals surface area contributed by atoms with Crippen LogP contribution in [0.3, 0.4) is 0 Å². The molecule has 1 amide bonds. The average molecular weight is 187 g/mol. The first-order valence-electron chi connectivity index (χ1n) is 3.97. The standard InChI is InChI=1S/C7H13N3OS/c8-6(12)5-7(11)10-3-1-9-2-4-10/h9H,1-5H2,(H2,8,12). The number of piperazine rings is 1. The molecule has 0 spiro atoms. The molecule has 68 valence electrons. The van der Waals surface area contributed by atoms with Gasteiger partial charge >= 0.3 is 0 Å². The summed E-state index contributed by atoms with van der Waals surface area (Å²) in [6.07, 6.45) is 0.204. The zero-order valence-electron chi connectivity index (χ0n) is 6.88. The van der Waals surface area contributed by atoms with Gasteiger partial charge in [-0.05, 0) is 0 Å². The third kappa shape index (κ3) is 2.75. The first-order chi connectivity index (χ1) is 5.70. The quantitative estimate of drug-likeness (QED) is 0.550. The van der Waals surface area contributed by atoms with Gasteiger partial charge in [0.2, 0.25) is 5.91 Å². The van der Waals surface area contributed by atoms with E-state index in [9.17, 15) is 4.79 Å². The third-order valence-electron chi connectivity index (χ3n) is 1.80. The van der Waals surface area contributed by atoms with Crippen molar-refractivity contribution in [2.45, 2.75) is 6.42 Å². The van der Waals surface area contributed by atoms with Crippen LogP contribution >= 0.6 is 12.2 Å². The molecule has 3 N–H and O–H groups in total. The SMILES string of the molecule is NC(=S)CC(=O)N1CCNCC1. The van der Waals surface area contributed by atoms with E-state index in [2.05, 4.69) is 17.5 Å². The molecule has 5 heteroatoms. The van der Waals surface area contributed by atoms with E-state index in [1.807, 2.05) is 0 Å². The zero-order valence-corrected chi connectivity index (χ0v) is 7.69. The van der Waals surface area contributed by atoms with Crippen LogP contribution in [0.4, 0.5) is 0 Å². The highest BCUT2D eigenvalue weighted by Crippen LogP contribution is 1.96. The maximum atomic E-state index is 11.3. The van der Waals surface area contributed by atoms with Crippen LogP contribution < -0.4 is 11.1 Å². The lowest BCUT2D eigenvalue weighted by Crippen LogP contribution is -2.47. The molecule has 0 aromatic carbocycles. The van der Waals surface area contributed by atoms with Crippen molar-refractivity contribution in [2.75, 3.05) is 26.2 Å². The van der Waals surface area contributed by atoms with Gasteiger partial charge in [0, 0.05) is 26.2 Å². The summed E-state index contributed by atoms with van der Waals surface area (Å²) in [5.41, 5.74) is 5.27. The number of rotatable bonds is 2. The van der Waals surface area contributed by atoms with Gasteiger partial charge in [0.1, 0.15) is 0 Å². The van der Waals surface area contributed by atoms with Crippen LogP contribution in [0.15, 0.2) is 0 Å². The summed E-state index contributed by atoms with van der Waals surface area (Å²) >= 11 is 4.66. The van der Waals surface area contributed by atoms with E-state index in [0.29, 0.717) is 0 Å². The van der Waals surface area contributed by atoms with E-state index in [1.165, 1.54) is 0 Å². The number of carbonyl (C=O) groups is 1. The van der Waals surface area contributed by atoms with Crippen molar-refractivity contribution in [3.05, 3.63) is 0 Å². The minimum Gasteiger partial charge on any atom is -0.393 e. The van der Waals surface area contributed by atoms with Crippen molar-refractivity contribution < 1.29 is 4.79 Å². The molecule has 1 fully saturated rings. The number of hydrogen-bond donors (Lipinski definition) is 2. The van der Waals surface area contributed by atoms with Crippen LogP contribution in [-0.2, 0) is 4.79 Å². The number of nitrogens with zero attached hydrogens (tertiary/aromatic N) is 1. The fraction of sp³-hybridized carbons (Fsp3) is 0.714. The first-order valence-corrected chi connectivity index (χ1v) is 4.38. The lowest BCUT2D eigenvalue weighted by molar-refractivity contribution is -0.130. The van der Waals surface area contributed by atoms with Crippen molar-refractivity contribution >= 4 is 23.1 Å². The normalized spacial score (nSPS) is 17.5. The van der Waals surface area contributed by atoms with E-state index >= 15 is 0 Å². The van der Waals surface area contributed by atoms with E-state index in [4.69, 9.17) is 5.73 Å². The number of amides is 1. The highest BCUT2D eigenvalue weighted by Gasteiger charge is 2.15. The lowest BCUT2D eigenvalue weighted by Gasteiger charge is -2.27. The predicted octanol–water partition coefficient (Wildman–Crippen LogP) is -0.906. The van der Waals surface area contributed by atoms with Gasteiger partial charge in [-0.15, -0.1) is 0 Å². The molecule has 0 unspecified atom stereocenters. The van der Waals surface area contributed by atoms with Crippen LogP contribution in [0.25, 0.3) is 0 Å². The van der Waals surface area contributed by atoms with Crippen LogP contribution in [0, 0.1) is 0 Å². The largest absolute Gasteiger partial charge is 0.393 e. The maximum Gasteiger partial charge on any atom is 0.229 e. The molecular weight excluding hydrogens is 174 g/mol. The van der Waals surface area contributed by atoms with Gasteiger partial charge in [-0.2, -0.15) is 0 Å². The molecule has 0 atom stereocenters. The highest BCUT2D eigenvalue weighted by atomic mass is 32.1. The van der Waals surface area contributed by atoms with Crippen molar-refractivity contribution in [3.8, 4) is 0 Å². The zero-order chi connectivity index (χ0) is 8.97. The summed E-state index contributed by atoms with van der Waals surface area (Å²) in [5.74, 6) is 0.0454. The van der Waals surface area contributed by atoms with Gasteiger partial charge in [0.15, 0.2) is 0 Å². The average Bonchev–Trinajstić information content (AvgIpc) is 2.05. The van der Waals surface area contributed by atoms with Gasteiger partial charge in [-0.1, -0.05) is 12.2 Å². The smallest absolute Gasteiger partial charge is 0.229 e. The molecule has 1 aliphatic heterocycles. The van der Waals surface area contributed by atoms with Crippen LogP contribution in [0.2, 0.25) is 0 Å². The van der Waals surface area contributed by atoms with Gasteiger partial charge in [-0.25, -0.2) is 0 Å². The van der Waals surface area contributed by atoms with Gasteiger partial charge in [0.05, 0.1) is 11.4 Å². The highest BCUT2D eigenvalue weighted by molar-refractivity contribution is 7.80. The summed E-state index contributed by atoms with van der Waals surface area (Å²) < 4.78 is 0. The number of carbonyl (C=O) groups excluding carboxylic acids is 1. The first kappa shape index (κ1) is 9.41. The van der Waals surface area contributed by atoms with Crippen LogP contribution in [0.1, 0.15) is 6.42 Å². The minimum atomic E-state index is 0.0454. The van der Waals surface area contributed by atoms with E-state index < -0.39 is 0 Å². The summed E-state index contributed by atoms with van der Waals surface area (Å²) in [7, 11) is 0. The summed E-state index contributed by atoms with van der Waals surface area (Å²) in [4.78, 5) is 13.4. The molecule has 12 heavy (non-hydrogen) atoms. The second kappa shape index (κ2) is 4.37. The number of nitrogens with two attached hydrogens (primary N) is 1. The Bertz CT molecular complexity index is 189. The summed E-state index contributed by atoms with van der Waals surface area (Å²) in [5, 5.41) is 3.16. The molecule has 1 rings (SSSR count). The Morgan fingerprint density at radius 1 is 1.50 bits per heavy atom. The summed E-state index contributed by atoms with van der Waals surface area (Å²) in [6.45, 7) is 3.26. The minimum absolute atomic E-state index is 0.0454. The topological polar surface area (TPSA) is 58.4 Å². The number of thiocarbonyl (C=S) groups is 1. The molecule has 0 aromatic heterocycles. The van der Waals surface area contributed by atoms with E-state index in [-0.39, 0.29) is 17.3 Å². The summed E-state index contributed by atoms with van der Waals surface area (Å²) in [6, 6.07) is 0. The van der Waals surface area contributed by atoms with Crippen molar-refractivity contribution in [1.29, 1.82) is 0 Å². The molecule has 1 aliphatic rings. The Hall–Kier alpha value is -0.680. The van der Waals surface area contributed by atoms with Crippen molar-refractivity contribution in [1.82, 2.24) is 10.2 Å². The lowest BCUT2D eigenvalue weighted by atomic mass is 10.3. The Balaban J connectivity index is 2.34. The Morgan fingerprint density at radius 3 is 2.58 bits per heavy atom. The second-order valence-electron chi connectivity index (χ2n) is 2.77. The Morgan fingerprint density at radius 2 is 2.08 bits per heavy atom.